The van der Waals surface area contributed by atoms with E-state index < -0.39 is 22.2 Å². The fraction of sp³-hybridized carbons (Fsp3) is 0.400. The molecular weight excluding hydrogens is 385 g/mol. The maximum Gasteiger partial charge on any atom is 0.408 e. The van der Waals surface area contributed by atoms with Crippen molar-refractivity contribution in [1.29, 1.82) is 0 Å². The molecule has 0 aliphatic carbocycles. The van der Waals surface area contributed by atoms with Crippen molar-refractivity contribution in [1.82, 2.24) is 15.0 Å². The molecule has 1 saturated heterocycles. The Morgan fingerprint density at radius 1 is 1.30 bits per heavy atom. The van der Waals surface area contributed by atoms with Gasteiger partial charge in [0.2, 0.25) is 21.9 Å². The van der Waals surface area contributed by atoms with Gasteiger partial charge in [-0.25, -0.2) is 23.5 Å². The lowest BCUT2D eigenvalue weighted by atomic mass is 10.2. The summed E-state index contributed by atoms with van der Waals surface area (Å²) in [6.07, 6.45) is -2.84. The number of nitrogens with one attached hydrogen (secondary N) is 1. The highest BCUT2D eigenvalue weighted by Gasteiger charge is 2.46. The molecule has 27 heavy (non-hydrogen) atoms. The van der Waals surface area contributed by atoms with Gasteiger partial charge in [-0.1, -0.05) is 12.1 Å². The first-order valence-electron chi connectivity index (χ1n) is 8.01. The molecule has 1 aliphatic heterocycles. The van der Waals surface area contributed by atoms with Crippen LogP contribution in [0.1, 0.15) is 18.4 Å². The van der Waals surface area contributed by atoms with E-state index in [1.165, 1.54) is 0 Å². The normalized spacial score (nSPS) is 17.9. The minimum atomic E-state index is -4.36. The molecule has 8 nitrogen and oxygen atoms in total. The highest BCUT2D eigenvalue weighted by atomic mass is 32.2. The molecule has 1 fully saturated rings. The molecule has 146 valence electrons. The average Bonchev–Trinajstić information content (AvgIpc) is 3.04. The molecule has 12 heteroatoms. The molecule has 1 aromatic carbocycles. The van der Waals surface area contributed by atoms with Crippen LogP contribution in [-0.4, -0.2) is 42.1 Å². The third kappa shape index (κ3) is 5.04. The maximum absolute atomic E-state index is 13.1. The van der Waals surface area contributed by atoms with Crippen molar-refractivity contribution in [2.75, 3.05) is 16.8 Å². The van der Waals surface area contributed by atoms with Gasteiger partial charge in [0, 0.05) is 12.2 Å². The zero-order valence-electron chi connectivity index (χ0n) is 14.0. The smallest absolute Gasteiger partial charge is 0.329 e. The quantitative estimate of drug-likeness (QED) is 0.785. The second kappa shape index (κ2) is 7.27. The predicted molar refractivity (Wildman–Crippen MR) is 92.8 cm³/mol. The lowest BCUT2D eigenvalue weighted by molar-refractivity contribution is -0.146. The molecule has 3 rings (SSSR count). The summed E-state index contributed by atoms with van der Waals surface area (Å²) in [5, 5.41) is 7.87. The molecular formula is C15H17F3N6O2S. The number of aromatic nitrogens is 3. The molecule has 0 bridgehead atoms. The van der Waals surface area contributed by atoms with Gasteiger partial charge in [-0.3, -0.25) is 0 Å². The van der Waals surface area contributed by atoms with Crippen LogP contribution in [0.4, 0.5) is 30.8 Å². The minimum absolute atomic E-state index is 0.00640. The number of nitrogens with zero attached hydrogens (tertiary/aromatic N) is 4. The van der Waals surface area contributed by atoms with Crippen molar-refractivity contribution in [3.8, 4) is 0 Å². The summed E-state index contributed by atoms with van der Waals surface area (Å²) in [5.74, 6) is -0.347. The molecule has 0 amide bonds. The number of sulfonamides is 1. The van der Waals surface area contributed by atoms with Crippen LogP contribution in [0, 0.1) is 0 Å². The molecule has 0 saturated carbocycles. The van der Waals surface area contributed by atoms with Gasteiger partial charge in [0.1, 0.15) is 12.4 Å². The zero-order valence-corrected chi connectivity index (χ0v) is 14.8. The third-order valence-electron chi connectivity index (χ3n) is 4.00. The largest absolute Gasteiger partial charge is 0.408 e. The van der Waals surface area contributed by atoms with Crippen LogP contribution in [0.25, 0.3) is 0 Å². The fourth-order valence-electron chi connectivity index (χ4n) is 2.93. The molecule has 2 aromatic rings. The van der Waals surface area contributed by atoms with Gasteiger partial charge in [0.05, 0.1) is 5.75 Å². The van der Waals surface area contributed by atoms with Gasteiger partial charge in [-0.15, -0.1) is 0 Å². The molecule has 1 atom stereocenters. The molecule has 1 aromatic heterocycles. The van der Waals surface area contributed by atoms with E-state index in [1.807, 2.05) is 0 Å². The summed E-state index contributed by atoms with van der Waals surface area (Å²) in [6.45, 7) is 0.206. The molecule has 0 radical (unpaired) electrons. The van der Waals surface area contributed by atoms with Crippen LogP contribution < -0.4 is 15.4 Å². The monoisotopic (exact) mass is 402 g/mol. The van der Waals surface area contributed by atoms with E-state index in [4.69, 9.17) is 5.14 Å². The van der Waals surface area contributed by atoms with Crippen molar-refractivity contribution in [2.24, 2.45) is 5.14 Å². The first-order valence-corrected chi connectivity index (χ1v) is 9.72. The van der Waals surface area contributed by atoms with Gasteiger partial charge in [0.15, 0.2) is 0 Å². The van der Waals surface area contributed by atoms with Crippen LogP contribution in [-0.2, 0) is 15.8 Å². The van der Waals surface area contributed by atoms with Gasteiger partial charge in [0.25, 0.3) is 0 Å². The second-order valence-electron chi connectivity index (χ2n) is 6.13. The number of benzene rings is 1. The lowest BCUT2D eigenvalue weighted by Gasteiger charge is -2.26. The molecule has 3 N–H and O–H groups in total. The molecule has 0 unspecified atom stereocenters. The van der Waals surface area contributed by atoms with Gasteiger partial charge < -0.3 is 10.2 Å². The Morgan fingerprint density at radius 3 is 2.78 bits per heavy atom. The second-order valence-corrected chi connectivity index (χ2v) is 7.75. The van der Waals surface area contributed by atoms with Crippen molar-refractivity contribution < 1.29 is 21.6 Å². The van der Waals surface area contributed by atoms with Crippen LogP contribution in [0.3, 0.4) is 0 Å². The Labute approximate surface area is 153 Å². The van der Waals surface area contributed by atoms with Gasteiger partial charge in [-0.05, 0) is 30.5 Å². The third-order valence-corrected chi connectivity index (χ3v) is 4.73. The fourth-order valence-corrected chi connectivity index (χ4v) is 3.58. The number of primary sulfonamides is 1. The number of rotatable bonds is 5. The Bertz CT molecular complexity index is 922. The Kier molecular flexibility index (Phi) is 5.20. The van der Waals surface area contributed by atoms with E-state index in [0.29, 0.717) is 17.7 Å². The highest BCUT2D eigenvalue weighted by Crippen LogP contribution is 2.34. The summed E-state index contributed by atoms with van der Waals surface area (Å²) in [7, 11) is -3.69. The van der Waals surface area contributed by atoms with Crippen molar-refractivity contribution in [2.45, 2.75) is 30.8 Å². The summed E-state index contributed by atoms with van der Waals surface area (Å²) < 4.78 is 61.8. The van der Waals surface area contributed by atoms with E-state index in [-0.39, 0.29) is 30.6 Å². The number of nitrogens with two attached hydrogens (primary N) is 1. The van der Waals surface area contributed by atoms with Crippen LogP contribution in [0.15, 0.2) is 30.6 Å². The van der Waals surface area contributed by atoms with E-state index in [9.17, 15) is 21.6 Å². The number of halogens is 3. The number of anilines is 3. The van der Waals surface area contributed by atoms with E-state index in [2.05, 4.69) is 20.3 Å². The summed E-state index contributed by atoms with van der Waals surface area (Å²) in [5.41, 5.74) is 0.926. The van der Waals surface area contributed by atoms with E-state index in [1.54, 1.807) is 24.3 Å². The number of hydrogen-bond donors (Lipinski definition) is 2. The van der Waals surface area contributed by atoms with Crippen LogP contribution in [0.2, 0.25) is 0 Å². The van der Waals surface area contributed by atoms with Crippen molar-refractivity contribution >= 4 is 27.6 Å². The Balaban J connectivity index is 1.80. The predicted octanol–water partition coefficient (Wildman–Crippen LogP) is 1.93. The van der Waals surface area contributed by atoms with Crippen LogP contribution >= 0.6 is 0 Å². The number of hydrogen-bond acceptors (Lipinski definition) is 7. The first kappa shape index (κ1) is 19.3. The maximum atomic E-state index is 13.1. The molecule has 0 spiro atoms. The topological polar surface area (TPSA) is 114 Å². The Hall–Kier alpha value is -2.47. The van der Waals surface area contributed by atoms with E-state index in [0.717, 1.165) is 11.2 Å². The van der Waals surface area contributed by atoms with E-state index >= 15 is 0 Å². The number of alkyl halides is 3. The molecule has 2 heterocycles. The summed E-state index contributed by atoms with van der Waals surface area (Å²) in [6, 6.07) is 4.77. The zero-order chi connectivity index (χ0) is 19.7. The van der Waals surface area contributed by atoms with Crippen molar-refractivity contribution in [3.63, 3.8) is 0 Å². The van der Waals surface area contributed by atoms with Crippen molar-refractivity contribution in [3.05, 3.63) is 36.2 Å². The van der Waals surface area contributed by atoms with Gasteiger partial charge in [-0.2, -0.15) is 18.2 Å². The minimum Gasteiger partial charge on any atom is -0.329 e. The van der Waals surface area contributed by atoms with Gasteiger partial charge >= 0.3 is 6.18 Å². The first-order chi connectivity index (χ1) is 12.6. The summed E-state index contributed by atoms with van der Waals surface area (Å²) >= 11 is 0. The molecule has 1 aliphatic rings. The average molecular weight is 402 g/mol. The SMILES string of the molecule is NS(=O)(=O)Cc1cccc(Nc2ncnc(N3CCC[C@@H]3C(F)(F)F)n2)c1. The Morgan fingerprint density at radius 2 is 2.07 bits per heavy atom. The summed E-state index contributed by atoms with van der Waals surface area (Å²) in [4.78, 5) is 13.0. The lowest BCUT2D eigenvalue weighted by Crippen LogP contribution is -2.42. The highest BCUT2D eigenvalue weighted by molar-refractivity contribution is 7.88. The standard InChI is InChI=1S/C15H17F3N6O2S/c16-15(17,18)12-5-2-6-24(12)14-21-9-20-13(23-14)22-11-4-1-3-10(7-11)8-27(19,25)26/h1,3-4,7,9,12H,2,5-6,8H2,(H2,19,25,26)(H,20,21,22,23)/t12-/m1/s1. The van der Waals surface area contributed by atoms with Crippen LogP contribution in [0.5, 0.6) is 0 Å².